The molecule has 0 saturated heterocycles. The first kappa shape index (κ1) is 15.7. The Morgan fingerprint density at radius 3 is 2.96 bits per heavy atom. The van der Waals surface area contributed by atoms with Crippen LogP contribution in [-0.2, 0) is 24.2 Å². The maximum Gasteiger partial charge on any atom is 0.257 e. The summed E-state index contributed by atoms with van der Waals surface area (Å²) in [4.78, 5) is 28.7. The van der Waals surface area contributed by atoms with Crippen molar-refractivity contribution in [1.29, 1.82) is 0 Å². The van der Waals surface area contributed by atoms with Gasteiger partial charge in [-0.2, -0.15) is 0 Å². The van der Waals surface area contributed by atoms with Crippen LogP contribution in [0.25, 0.3) is 0 Å². The minimum absolute atomic E-state index is 0.0125. The highest BCUT2D eigenvalue weighted by molar-refractivity contribution is 6.31. The van der Waals surface area contributed by atoms with Crippen LogP contribution in [-0.4, -0.2) is 15.5 Å². The summed E-state index contributed by atoms with van der Waals surface area (Å²) in [5.74, 6) is -1.20. The smallest absolute Gasteiger partial charge is 0.257 e. The first-order valence-electron chi connectivity index (χ1n) is 7.37. The zero-order valence-electron chi connectivity index (χ0n) is 12.3. The van der Waals surface area contributed by atoms with Gasteiger partial charge in [-0.1, -0.05) is 17.7 Å². The van der Waals surface area contributed by atoms with Gasteiger partial charge in [-0.25, -0.2) is 9.37 Å². The first-order valence-corrected chi connectivity index (χ1v) is 7.75. The quantitative estimate of drug-likeness (QED) is 0.937. The highest BCUT2D eigenvalue weighted by atomic mass is 35.5. The molecule has 1 N–H and O–H groups in total. The largest absolute Gasteiger partial charge is 0.322 e. The molecule has 1 aromatic heterocycles. The van der Waals surface area contributed by atoms with Crippen LogP contribution < -0.4 is 10.9 Å². The van der Waals surface area contributed by atoms with E-state index in [-0.39, 0.29) is 22.8 Å². The Morgan fingerprint density at radius 2 is 2.13 bits per heavy atom. The summed E-state index contributed by atoms with van der Waals surface area (Å²) in [7, 11) is 0. The summed E-state index contributed by atoms with van der Waals surface area (Å²) >= 11 is 5.67. The molecule has 0 atom stereocenters. The number of aromatic nitrogens is 2. The van der Waals surface area contributed by atoms with Gasteiger partial charge in [-0.15, -0.1) is 0 Å². The number of benzene rings is 1. The average molecular weight is 336 g/mol. The molecule has 0 spiro atoms. The zero-order valence-corrected chi connectivity index (χ0v) is 13.1. The van der Waals surface area contributed by atoms with E-state index in [0.29, 0.717) is 12.0 Å². The number of hydrogen-bond donors (Lipinski definition) is 1. The Kier molecular flexibility index (Phi) is 4.43. The second-order valence-corrected chi connectivity index (χ2v) is 5.87. The normalized spacial score (nSPS) is 13.5. The maximum absolute atomic E-state index is 13.8. The van der Waals surface area contributed by atoms with Gasteiger partial charge in [0.05, 0.1) is 22.7 Å². The van der Waals surface area contributed by atoms with Gasteiger partial charge in [-0.3, -0.25) is 14.2 Å². The molecule has 0 saturated carbocycles. The third kappa shape index (κ3) is 3.27. The van der Waals surface area contributed by atoms with Gasteiger partial charge in [0.25, 0.3) is 5.56 Å². The number of nitrogens with one attached hydrogen (secondary N) is 1. The number of hydrogen-bond acceptors (Lipinski definition) is 3. The van der Waals surface area contributed by atoms with Crippen molar-refractivity contribution in [2.45, 2.75) is 32.2 Å². The van der Waals surface area contributed by atoms with Crippen molar-refractivity contribution in [2.75, 3.05) is 5.32 Å². The van der Waals surface area contributed by atoms with E-state index in [0.717, 1.165) is 25.0 Å². The number of halogens is 2. The van der Waals surface area contributed by atoms with Crippen molar-refractivity contribution in [2.24, 2.45) is 0 Å². The highest BCUT2D eigenvalue weighted by Gasteiger charge is 2.17. The standard InChI is InChI=1S/C16H15ClFN3O2/c17-11-5-3-7-13(15(11)18)20-14(22)8-21-9-19-12-6-2-1-4-10(12)16(21)23/h3,5,7,9H,1-2,4,6,8H2,(H,20,22). The fourth-order valence-electron chi connectivity index (χ4n) is 2.68. The van der Waals surface area contributed by atoms with Gasteiger partial charge in [0.2, 0.25) is 5.91 Å². The Hall–Kier alpha value is -2.21. The molecule has 0 bridgehead atoms. The number of rotatable bonds is 3. The van der Waals surface area contributed by atoms with E-state index in [2.05, 4.69) is 10.3 Å². The van der Waals surface area contributed by atoms with Crippen molar-refractivity contribution in [3.8, 4) is 0 Å². The number of carbonyl (C=O) groups excluding carboxylic acids is 1. The SMILES string of the molecule is O=C(Cn1cnc2c(c1=O)CCCC2)Nc1cccc(Cl)c1F. The lowest BCUT2D eigenvalue weighted by atomic mass is 9.97. The summed E-state index contributed by atoms with van der Waals surface area (Å²) in [6, 6.07) is 4.34. The van der Waals surface area contributed by atoms with E-state index in [1.165, 1.54) is 29.1 Å². The fourth-order valence-corrected chi connectivity index (χ4v) is 2.86. The van der Waals surface area contributed by atoms with E-state index < -0.39 is 11.7 Å². The molecule has 1 aromatic carbocycles. The molecule has 120 valence electrons. The van der Waals surface area contributed by atoms with Gasteiger partial charge in [0.1, 0.15) is 6.54 Å². The van der Waals surface area contributed by atoms with Crippen LogP contribution in [0.4, 0.5) is 10.1 Å². The summed E-state index contributed by atoms with van der Waals surface area (Å²) in [5.41, 5.74) is 1.29. The van der Waals surface area contributed by atoms with Crippen LogP contribution in [0.2, 0.25) is 5.02 Å². The summed E-state index contributed by atoms with van der Waals surface area (Å²) < 4.78 is 15.0. The summed E-state index contributed by atoms with van der Waals surface area (Å²) in [5, 5.41) is 2.35. The van der Waals surface area contributed by atoms with Gasteiger partial charge < -0.3 is 5.32 Å². The zero-order chi connectivity index (χ0) is 16.4. The number of aryl methyl sites for hydroxylation is 1. The van der Waals surface area contributed by atoms with Crippen LogP contribution in [0.3, 0.4) is 0 Å². The Morgan fingerprint density at radius 1 is 1.35 bits per heavy atom. The molecule has 1 aliphatic carbocycles. The molecule has 1 aliphatic rings. The van der Waals surface area contributed by atoms with Crippen molar-refractivity contribution >= 4 is 23.2 Å². The number of anilines is 1. The highest BCUT2D eigenvalue weighted by Crippen LogP contribution is 2.22. The fraction of sp³-hybridized carbons (Fsp3) is 0.312. The van der Waals surface area contributed by atoms with Gasteiger partial charge in [0, 0.05) is 5.56 Å². The van der Waals surface area contributed by atoms with Crippen LogP contribution in [0.15, 0.2) is 29.3 Å². The topological polar surface area (TPSA) is 64.0 Å². The molecule has 23 heavy (non-hydrogen) atoms. The third-order valence-corrected chi connectivity index (χ3v) is 4.14. The second kappa shape index (κ2) is 6.50. The number of nitrogens with zero attached hydrogens (tertiary/aromatic N) is 2. The third-order valence-electron chi connectivity index (χ3n) is 3.85. The maximum atomic E-state index is 13.8. The lowest BCUT2D eigenvalue weighted by molar-refractivity contribution is -0.116. The van der Waals surface area contributed by atoms with Crippen molar-refractivity contribution < 1.29 is 9.18 Å². The Labute approximate surface area is 137 Å². The van der Waals surface area contributed by atoms with Crippen LogP contribution in [0.5, 0.6) is 0 Å². The molecule has 0 aliphatic heterocycles. The van der Waals surface area contributed by atoms with Crippen molar-refractivity contribution in [3.05, 3.63) is 57.0 Å². The molecule has 3 rings (SSSR count). The van der Waals surface area contributed by atoms with E-state index in [9.17, 15) is 14.0 Å². The van der Waals surface area contributed by atoms with E-state index in [1.807, 2.05) is 0 Å². The number of amides is 1. The van der Waals surface area contributed by atoms with E-state index in [4.69, 9.17) is 11.6 Å². The molecular weight excluding hydrogens is 321 g/mol. The van der Waals surface area contributed by atoms with Crippen molar-refractivity contribution in [1.82, 2.24) is 9.55 Å². The molecular formula is C16H15ClFN3O2. The average Bonchev–Trinajstić information content (AvgIpc) is 2.55. The van der Waals surface area contributed by atoms with E-state index >= 15 is 0 Å². The predicted octanol–water partition coefficient (Wildman–Crippen LogP) is 2.55. The molecule has 5 nitrogen and oxygen atoms in total. The minimum atomic E-state index is -0.696. The molecule has 1 amide bonds. The molecule has 7 heteroatoms. The van der Waals surface area contributed by atoms with Gasteiger partial charge in [-0.05, 0) is 37.8 Å². The van der Waals surface area contributed by atoms with Crippen LogP contribution in [0.1, 0.15) is 24.1 Å². The molecule has 1 heterocycles. The molecule has 0 unspecified atom stereocenters. The Balaban J connectivity index is 1.78. The lowest BCUT2D eigenvalue weighted by Gasteiger charge is -2.15. The Bertz CT molecular complexity index is 819. The predicted molar refractivity (Wildman–Crippen MR) is 85.2 cm³/mol. The number of carbonyl (C=O) groups is 1. The lowest BCUT2D eigenvalue weighted by Crippen LogP contribution is -2.32. The first-order chi connectivity index (χ1) is 11.1. The molecule has 0 radical (unpaired) electrons. The summed E-state index contributed by atoms with van der Waals surface area (Å²) in [6.45, 7) is -0.217. The van der Waals surface area contributed by atoms with Gasteiger partial charge in [0.15, 0.2) is 5.82 Å². The van der Waals surface area contributed by atoms with Crippen LogP contribution in [0, 0.1) is 5.82 Å². The molecule has 2 aromatic rings. The summed E-state index contributed by atoms with van der Waals surface area (Å²) in [6.07, 6.45) is 4.84. The number of fused-ring (bicyclic) bond motifs is 1. The van der Waals surface area contributed by atoms with Crippen molar-refractivity contribution in [3.63, 3.8) is 0 Å². The van der Waals surface area contributed by atoms with Crippen LogP contribution >= 0.6 is 11.6 Å². The minimum Gasteiger partial charge on any atom is -0.322 e. The van der Waals surface area contributed by atoms with E-state index in [1.54, 1.807) is 0 Å². The second-order valence-electron chi connectivity index (χ2n) is 5.46. The van der Waals surface area contributed by atoms with Gasteiger partial charge >= 0.3 is 0 Å². The molecule has 0 fully saturated rings. The monoisotopic (exact) mass is 335 g/mol.